The number of aryl methyl sites for hydroxylation is 1. The van der Waals surface area contributed by atoms with Crippen molar-refractivity contribution in [2.45, 2.75) is 37.5 Å². The Morgan fingerprint density at radius 3 is 2.79 bits per heavy atom. The topological polar surface area (TPSA) is 130 Å². The Bertz CT molecular complexity index is 1270. The number of fused-ring (bicyclic) bond motifs is 1. The van der Waals surface area contributed by atoms with Gasteiger partial charge in [-0.25, -0.2) is 4.79 Å². The molecule has 3 N–H and O–H groups in total. The third-order valence-corrected chi connectivity index (χ3v) is 6.05. The van der Waals surface area contributed by atoms with Crippen LogP contribution in [-0.2, 0) is 23.0 Å². The number of rotatable bonds is 5. The summed E-state index contributed by atoms with van der Waals surface area (Å²) in [6, 6.07) is 14.7. The summed E-state index contributed by atoms with van der Waals surface area (Å²) >= 11 is 0. The number of hydrogen-bond donors (Lipinski definition) is 3. The van der Waals surface area contributed by atoms with Crippen LogP contribution in [0.15, 0.2) is 51.7 Å². The van der Waals surface area contributed by atoms with Gasteiger partial charge in [-0.05, 0) is 48.7 Å². The zero-order valence-electron chi connectivity index (χ0n) is 19.2. The zero-order valence-corrected chi connectivity index (χ0v) is 19.2. The molecule has 1 unspecified atom stereocenters. The summed E-state index contributed by atoms with van der Waals surface area (Å²) in [5.41, 5.74) is 3.04. The molecule has 2 aromatic carbocycles. The van der Waals surface area contributed by atoms with Gasteiger partial charge in [0.15, 0.2) is 5.58 Å². The van der Waals surface area contributed by atoms with E-state index in [1.807, 2.05) is 36.4 Å². The van der Waals surface area contributed by atoms with Gasteiger partial charge in [0, 0.05) is 20.0 Å². The van der Waals surface area contributed by atoms with Crippen LogP contribution in [0, 0.1) is 11.3 Å². The van der Waals surface area contributed by atoms with Crippen molar-refractivity contribution in [3.8, 4) is 17.2 Å². The van der Waals surface area contributed by atoms with Crippen LogP contribution in [0.3, 0.4) is 0 Å². The maximum atomic E-state index is 12.7. The van der Waals surface area contributed by atoms with Gasteiger partial charge in [0.1, 0.15) is 12.1 Å². The van der Waals surface area contributed by atoms with Gasteiger partial charge in [0.25, 0.3) is 5.91 Å². The van der Waals surface area contributed by atoms with E-state index in [1.165, 1.54) is 4.57 Å². The molecule has 0 spiro atoms. The molecule has 9 heteroatoms. The second-order valence-corrected chi connectivity index (χ2v) is 8.95. The highest BCUT2D eigenvalue weighted by molar-refractivity contribution is 5.82. The fraction of sp³-hybridized carbons (Fsp3) is 0.400. The number of nitrogens with one attached hydrogen (secondary N) is 2. The Labute approximate surface area is 196 Å². The summed E-state index contributed by atoms with van der Waals surface area (Å²) in [5, 5.41) is 25.6. The number of amides is 1. The first-order chi connectivity index (χ1) is 16.3. The number of nitriles is 1. The molecule has 4 rings (SSSR count). The van der Waals surface area contributed by atoms with E-state index < -0.39 is 23.5 Å². The summed E-state index contributed by atoms with van der Waals surface area (Å²) in [6.45, 7) is 2.63. The van der Waals surface area contributed by atoms with Crippen LogP contribution in [-0.4, -0.2) is 53.0 Å². The number of nitrogens with zero attached hydrogens (tertiary/aromatic N) is 2. The number of carbonyl (C=O) groups is 1. The minimum absolute atomic E-state index is 0.0597. The van der Waals surface area contributed by atoms with E-state index in [9.17, 15) is 20.0 Å². The van der Waals surface area contributed by atoms with Crippen LogP contribution in [0.1, 0.15) is 18.9 Å². The smallest absolute Gasteiger partial charge is 0.408 e. The fourth-order valence-corrected chi connectivity index (χ4v) is 3.94. The van der Waals surface area contributed by atoms with Crippen molar-refractivity contribution in [2.24, 2.45) is 7.05 Å². The highest BCUT2D eigenvalue weighted by atomic mass is 16.5. The molecule has 1 aliphatic rings. The SMILES string of the molecule is Cn1c(=O)oc2ccc(-c3ccc(C[C@@H](C#N)NC(=O)[C@@H]4CNCCC(C)(O)CO4)cc3)cc21. The van der Waals surface area contributed by atoms with Gasteiger partial charge in [0.2, 0.25) is 0 Å². The van der Waals surface area contributed by atoms with E-state index in [0.717, 1.165) is 16.7 Å². The van der Waals surface area contributed by atoms with Gasteiger partial charge in [-0.15, -0.1) is 0 Å². The molecule has 0 aliphatic carbocycles. The van der Waals surface area contributed by atoms with Crippen LogP contribution >= 0.6 is 0 Å². The molecule has 2 heterocycles. The molecule has 9 nitrogen and oxygen atoms in total. The summed E-state index contributed by atoms with van der Waals surface area (Å²) in [4.78, 5) is 24.4. The van der Waals surface area contributed by atoms with Gasteiger partial charge >= 0.3 is 5.76 Å². The lowest BCUT2D eigenvalue weighted by Gasteiger charge is -2.30. The molecule has 178 valence electrons. The van der Waals surface area contributed by atoms with Crippen LogP contribution in [0.5, 0.6) is 0 Å². The van der Waals surface area contributed by atoms with E-state index in [2.05, 4.69) is 16.7 Å². The molecule has 1 aromatic heterocycles. The molecular weight excluding hydrogens is 436 g/mol. The quantitative estimate of drug-likeness (QED) is 0.521. The molecule has 1 amide bonds. The summed E-state index contributed by atoms with van der Waals surface area (Å²) in [6.07, 6.45) is 0.0980. The van der Waals surface area contributed by atoms with Crippen LogP contribution < -0.4 is 16.4 Å². The number of benzene rings is 2. The molecule has 3 atom stereocenters. The maximum absolute atomic E-state index is 12.7. The number of aromatic nitrogens is 1. The monoisotopic (exact) mass is 464 g/mol. The second-order valence-electron chi connectivity index (χ2n) is 8.95. The molecular formula is C25H28N4O5. The first-order valence-electron chi connectivity index (χ1n) is 11.2. The molecule has 3 aromatic rings. The van der Waals surface area contributed by atoms with Crippen molar-refractivity contribution in [1.82, 2.24) is 15.2 Å². The molecule has 0 radical (unpaired) electrons. The Hall–Kier alpha value is -3.45. The predicted molar refractivity (Wildman–Crippen MR) is 126 cm³/mol. The minimum atomic E-state index is -1.00. The Morgan fingerprint density at radius 1 is 1.32 bits per heavy atom. The third kappa shape index (κ3) is 5.37. The maximum Gasteiger partial charge on any atom is 0.419 e. The highest BCUT2D eigenvalue weighted by Crippen LogP contribution is 2.24. The number of carbonyl (C=O) groups excluding carboxylic acids is 1. The highest BCUT2D eigenvalue weighted by Gasteiger charge is 2.29. The van der Waals surface area contributed by atoms with E-state index >= 15 is 0 Å². The van der Waals surface area contributed by atoms with E-state index in [1.54, 1.807) is 20.0 Å². The van der Waals surface area contributed by atoms with E-state index in [4.69, 9.17) is 9.15 Å². The van der Waals surface area contributed by atoms with Gasteiger partial charge in [0.05, 0.1) is 23.8 Å². The number of aliphatic hydroxyl groups is 1. The molecule has 1 fully saturated rings. The summed E-state index contributed by atoms with van der Waals surface area (Å²) in [5.74, 6) is -0.787. The molecule has 0 bridgehead atoms. The first kappa shape index (κ1) is 23.7. The second kappa shape index (κ2) is 9.81. The fourth-order valence-electron chi connectivity index (χ4n) is 3.94. The van der Waals surface area contributed by atoms with E-state index in [-0.39, 0.29) is 12.5 Å². The molecule has 0 saturated carbocycles. The Balaban J connectivity index is 1.41. The average molecular weight is 465 g/mol. The van der Waals surface area contributed by atoms with Gasteiger partial charge < -0.3 is 24.9 Å². The first-order valence-corrected chi connectivity index (χ1v) is 11.2. The van der Waals surface area contributed by atoms with Crippen LogP contribution in [0.25, 0.3) is 22.2 Å². The van der Waals surface area contributed by atoms with Crippen molar-refractivity contribution >= 4 is 17.0 Å². The molecule has 1 aliphatic heterocycles. The Kier molecular flexibility index (Phi) is 6.84. The summed E-state index contributed by atoms with van der Waals surface area (Å²) < 4.78 is 12.2. The van der Waals surface area contributed by atoms with Gasteiger partial charge in [-0.2, -0.15) is 5.26 Å². The van der Waals surface area contributed by atoms with Crippen molar-refractivity contribution in [3.63, 3.8) is 0 Å². The lowest BCUT2D eigenvalue weighted by molar-refractivity contribution is -0.139. The van der Waals surface area contributed by atoms with E-state index in [0.29, 0.717) is 37.0 Å². The predicted octanol–water partition coefficient (Wildman–Crippen LogP) is 1.48. The third-order valence-electron chi connectivity index (χ3n) is 6.05. The average Bonchev–Trinajstić information content (AvgIpc) is 3.10. The lowest BCUT2D eigenvalue weighted by atomic mass is 10.0. The number of ether oxygens (including phenoxy) is 1. The van der Waals surface area contributed by atoms with Crippen LogP contribution in [0.2, 0.25) is 0 Å². The standard InChI is InChI=1S/C25H28N4O5/c1-25(32)9-10-27-14-22(33-15-25)23(30)28-19(13-26)11-16-3-5-17(6-4-16)18-7-8-21-20(12-18)29(2)24(31)34-21/h3-8,12,19,22,27,32H,9-11,14-15H2,1-2H3,(H,28,30)/t19-,22-,25?/m0/s1. The normalized spacial score (nSPS) is 21.9. The van der Waals surface area contributed by atoms with Crippen molar-refractivity contribution in [1.29, 1.82) is 5.26 Å². The zero-order chi connectivity index (χ0) is 24.3. The van der Waals surface area contributed by atoms with Crippen molar-refractivity contribution in [3.05, 3.63) is 58.6 Å². The summed E-state index contributed by atoms with van der Waals surface area (Å²) in [7, 11) is 1.66. The van der Waals surface area contributed by atoms with Crippen molar-refractivity contribution < 1.29 is 19.1 Å². The Morgan fingerprint density at radius 2 is 2.06 bits per heavy atom. The number of oxazole rings is 1. The molecule has 34 heavy (non-hydrogen) atoms. The largest absolute Gasteiger partial charge is 0.419 e. The van der Waals surface area contributed by atoms with Gasteiger partial charge in [-0.3, -0.25) is 9.36 Å². The minimum Gasteiger partial charge on any atom is -0.408 e. The number of hydrogen-bond acceptors (Lipinski definition) is 7. The van der Waals surface area contributed by atoms with Gasteiger partial charge in [-0.1, -0.05) is 30.3 Å². The molecule has 1 saturated heterocycles. The van der Waals surface area contributed by atoms with Crippen molar-refractivity contribution in [2.75, 3.05) is 19.7 Å². The van der Waals surface area contributed by atoms with Crippen LogP contribution in [0.4, 0.5) is 0 Å². The lowest BCUT2D eigenvalue weighted by Crippen LogP contribution is -2.51.